The van der Waals surface area contributed by atoms with Crippen LogP contribution in [0.25, 0.3) is 89.7 Å². The van der Waals surface area contributed by atoms with Gasteiger partial charge in [-0.15, -0.1) is 0 Å². The van der Waals surface area contributed by atoms with Gasteiger partial charge in [-0.1, -0.05) is 78.9 Å². The molecular formula is C37H19N9OZn. The normalized spacial score (nSPS) is 11.6. The van der Waals surface area contributed by atoms with Gasteiger partial charge in [-0.2, -0.15) is 0 Å². The van der Waals surface area contributed by atoms with E-state index in [1.807, 2.05) is 103 Å². The van der Waals surface area contributed by atoms with Crippen molar-refractivity contribution >= 4 is 44.1 Å². The summed E-state index contributed by atoms with van der Waals surface area (Å²) in [6.07, 6.45) is 1.69. The van der Waals surface area contributed by atoms with Crippen molar-refractivity contribution in [3.63, 3.8) is 0 Å². The Balaban J connectivity index is 0.00000314. The minimum absolute atomic E-state index is 0. The maximum absolute atomic E-state index is 6.08. The molecule has 0 radical (unpaired) electrons. The molecule has 0 spiro atoms. The third kappa shape index (κ3) is 4.47. The number of pyridine rings is 1. The first kappa shape index (κ1) is 28.1. The van der Waals surface area contributed by atoms with Crippen LogP contribution in [0.4, 0.5) is 0 Å². The van der Waals surface area contributed by atoms with Gasteiger partial charge in [0.1, 0.15) is 5.75 Å². The molecule has 0 aliphatic carbocycles. The van der Waals surface area contributed by atoms with Crippen LogP contribution < -0.4 is 14.7 Å². The Morgan fingerprint density at radius 2 is 0.875 bits per heavy atom. The van der Waals surface area contributed by atoms with Crippen molar-refractivity contribution in [3.8, 4) is 57.2 Å². The number of nitrogens with zero attached hydrogens (tertiary/aromatic N) is 9. The van der Waals surface area contributed by atoms with Gasteiger partial charge in [0.2, 0.25) is 5.88 Å². The van der Waals surface area contributed by atoms with Crippen molar-refractivity contribution in [3.05, 3.63) is 115 Å². The number of aromatic nitrogens is 9. The molecule has 0 amide bonds. The van der Waals surface area contributed by atoms with Crippen LogP contribution in [-0.2, 0) is 19.5 Å². The van der Waals surface area contributed by atoms with Crippen LogP contribution in [0.2, 0.25) is 0 Å². The van der Waals surface area contributed by atoms with E-state index < -0.39 is 0 Å². The second-order valence-electron chi connectivity index (χ2n) is 11.1. The summed E-state index contributed by atoms with van der Waals surface area (Å²) in [4.78, 5) is 44.0. The van der Waals surface area contributed by atoms with E-state index in [1.54, 1.807) is 12.3 Å². The Bertz CT molecular complexity index is 2740. The predicted octanol–water partition coefficient (Wildman–Crippen LogP) is 7.31. The summed E-state index contributed by atoms with van der Waals surface area (Å²) < 4.78 is 6.08. The first-order chi connectivity index (χ1) is 23.2. The van der Waals surface area contributed by atoms with Crippen molar-refractivity contribution in [2.24, 2.45) is 0 Å². The fourth-order valence-corrected chi connectivity index (χ4v) is 6.08. The monoisotopic (exact) mass is 669 g/mol. The molecule has 0 N–H and O–H groups in total. The van der Waals surface area contributed by atoms with E-state index in [1.165, 1.54) is 0 Å². The van der Waals surface area contributed by atoms with Gasteiger partial charge >= 0.3 is 19.5 Å². The molecule has 0 fully saturated rings. The van der Waals surface area contributed by atoms with Crippen molar-refractivity contribution in [2.45, 2.75) is 0 Å². The first-order valence-electron chi connectivity index (χ1n) is 15.0. The summed E-state index contributed by atoms with van der Waals surface area (Å²) in [6, 6.07) is 35.0. The summed E-state index contributed by atoms with van der Waals surface area (Å²) in [5.74, 6) is 3.16. The Kier molecular flexibility index (Phi) is 6.41. The molecule has 0 saturated heterocycles. The van der Waals surface area contributed by atoms with Gasteiger partial charge < -0.3 is 29.7 Å². The van der Waals surface area contributed by atoms with E-state index in [0.717, 1.165) is 43.8 Å². The SMILES string of the molecule is [Zn+2].c1ccc(Oc2ccc3c4nc5nc(nc6nc(nc7[n-]c(nc([n-]4)c3c2)c2ccccc72)-c2ccccc2-6)-c2ccccc2-5)nc1. The number of rotatable bonds is 2. The van der Waals surface area contributed by atoms with E-state index in [0.29, 0.717) is 57.5 Å². The van der Waals surface area contributed by atoms with Crippen LogP contribution in [0.15, 0.2) is 115 Å². The molecule has 0 atom stereocenters. The average Bonchev–Trinajstić information content (AvgIpc) is 3.84. The third-order valence-corrected chi connectivity index (χ3v) is 8.25. The molecule has 8 bridgehead atoms. The summed E-state index contributed by atoms with van der Waals surface area (Å²) >= 11 is 0. The van der Waals surface area contributed by atoms with Gasteiger partial charge in [-0.05, 0) is 45.8 Å². The number of fused-ring (bicyclic) bond motifs is 20. The molecule has 8 aromatic rings. The number of ether oxygens (including phenoxy) is 1. The fourth-order valence-electron chi connectivity index (χ4n) is 6.08. The van der Waals surface area contributed by atoms with E-state index in [2.05, 4.69) is 4.98 Å². The van der Waals surface area contributed by atoms with Gasteiger partial charge in [-0.3, -0.25) is 0 Å². The van der Waals surface area contributed by atoms with E-state index in [4.69, 9.17) is 44.6 Å². The van der Waals surface area contributed by atoms with Crippen molar-refractivity contribution < 1.29 is 24.2 Å². The van der Waals surface area contributed by atoms with Crippen molar-refractivity contribution in [1.29, 1.82) is 0 Å². The van der Waals surface area contributed by atoms with E-state index >= 15 is 0 Å². The Labute approximate surface area is 284 Å². The van der Waals surface area contributed by atoms with Crippen LogP contribution in [0.5, 0.6) is 11.6 Å². The Hall–Kier alpha value is -6.19. The molecule has 2 aliphatic heterocycles. The topological polar surface area (TPSA) is 128 Å². The first-order valence-corrected chi connectivity index (χ1v) is 15.0. The van der Waals surface area contributed by atoms with E-state index in [9.17, 15) is 0 Å². The molecule has 10 rings (SSSR count). The zero-order chi connectivity index (χ0) is 30.9. The molecule has 0 unspecified atom stereocenters. The van der Waals surface area contributed by atoms with Crippen molar-refractivity contribution in [2.75, 3.05) is 0 Å². The molecule has 6 heterocycles. The molecule has 10 nitrogen and oxygen atoms in total. The van der Waals surface area contributed by atoms with Crippen LogP contribution in [-0.4, -0.2) is 34.9 Å². The van der Waals surface area contributed by atoms with Crippen molar-refractivity contribution in [1.82, 2.24) is 44.9 Å². The van der Waals surface area contributed by atoms with E-state index in [-0.39, 0.29) is 19.5 Å². The van der Waals surface area contributed by atoms with Crippen LogP contribution >= 0.6 is 0 Å². The Morgan fingerprint density at radius 3 is 1.42 bits per heavy atom. The third-order valence-electron chi connectivity index (χ3n) is 8.25. The molecule has 48 heavy (non-hydrogen) atoms. The summed E-state index contributed by atoms with van der Waals surface area (Å²) in [5.41, 5.74) is 5.40. The van der Waals surface area contributed by atoms with Gasteiger partial charge in [0.05, 0.1) is 11.6 Å². The number of hydrogen-bond donors (Lipinski definition) is 0. The van der Waals surface area contributed by atoms with Crippen LogP contribution in [0.1, 0.15) is 0 Å². The quantitative estimate of drug-likeness (QED) is 0.173. The molecule has 220 valence electrons. The molecule has 0 saturated carbocycles. The summed E-state index contributed by atoms with van der Waals surface area (Å²) in [5, 5.41) is 3.25. The largest absolute Gasteiger partial charge is 2.00 e. The fraction of sp³-hybridized carbons (Fsp3) is 0. The summed E-state index contributed by atoms with van der Waals surface area (Å²) in [7, 11) is 0. The molecule has 4 aromatic carbocycles. The maximum atomic E-state index is 6.08. The second kappa shape index (κ2) is 11.0. The number of hydrogen-bond acceptors (Lipinski definition) is 8. The predicted molar refractivity (Wildman–Crippen MR) is 178 cm³/mol. The Morgan fingerprint density at radius 1 is 0.417 bits per heavy atom. The minimum Gasteiger partial charge on any atom is -0.439 e. The maximum Gasteiger partial charge on any atom is 2.00 e. The zero-order valence-electron chi connectivity index (χ0n) is 25.1. The van der Waals surface area contributed by atoms with Crippen LogP contribution in [0.3, 0.4) is 0 Å². The second-order valence-corrected chi connectivity index (χ2v) is 11.1. The molecular weight excluding hydrogens is 652 g/mol. The number of benzene rings is 4. The van der Waals surface area contributed by atoms with Crippen LogP contribution in [0, 0.1) is 0 Å². The average molecular weight is 671 g/mol. The summed E-state index contributed by atoms with van der Waals surface area (Å²) in [6.45, 7) is 0. The van der Waals surface area contributed by atoms with Gasteiger partial charge in [0, 0.05) is 57.1 Å². The minimum atomic E-state index is 0. The zero-order valence-corrected chi connectivity index (χ0v) is 28.1. The van der Waals surface area contributed by atoms with Gasteiger partial charge in [-0.25, -0.2) is 19.9 Å². The smallest absolute Gasteiger partial charge is 0.439 e. The van der Waals surface area contributed by atoms with Gasteiger partial charge in [0.15, 0.2) is 11.6 Å². The molecule has 4 aromatic heterocycles. The van der Waals surface area contributed by atoms with Gasteiger partial charge in [0.25, 0.3) is 0 Å². The standard InChI is InChI=1S/C37H19N9O.Zn/c1-2-10-22-21(9-1)30-39-31(22)41-33-25-13-5-6-14-26(25)35(43-33)45-37-28-19-20(47-29-15-7-8-18-38-29)16-17-27(28)36(46-37)44-34-24-12-4-3-11-23(24)32(40-30)42-34;/h1-19H;/q-2;+2. The molecule has 11 heteroatoms. The molecule has 2 aliphatic rings.